The highest BCUT2D eigenvalue weighted by Gasteiger charge is 2.21. The molecule has 1 rings (SSSR count). The molecule has 0 heterocycles. The van der Waals surface area contributed by atoms with Crippen LogP contribution in [0, 0.1) is 17.6 Å². The minimum absolute atomic E-state index is 0.115. The van der Waals surface area contributed by atoms with Crippen molar-refractivity contribution in [1.29, 1.82) is 5.26 Å². The van der Waals surface area contributed by atoms with Gasteiger partial charge >= 0.3 is 5.97 Å². The summed E-state index contributed by atoms with van der Waals surface area (Å²) in [4.78, 5) is 12.1. The number of aryl methyl sites for hydroxylation is 1. The van der Waals surface area contributed by atoms with Gasteiger partial charge in [-0.05, 0) is 47.4 Å². The molecule has 0 saturated heterocycles. The van der Waals surface area contributed by atoms with Crippen LogP contribution in [-0.4, -0.2) is 19.7 Å². The third-order valence-corrected chi connectivity index (χ3v) is 3.46. The van der Waals surface area contributed by atoms with Crippen LogP contribution in [0.25, 0.3) is 0 Å². The highest BCUT2D eigenvalue weighted by molar-refractivity contribution is 8.03. The fourth-order valence-electron chi connectivity index (χ4n) is 1.73. The van der Waals surface area contributed by atoms with Crippen LogP contribution < -0.4 is 4.74 Å². The van der Waals surface area contributed by atoms with Crippen molar-refractivity contribution in [3.8, 4) is 11.2 Å². The SMILES string of the molecule is COC(=O)COc1cc(C(C)(C)C)c(SC#N)cc1C. The fraction of sp³-hybridized carbons (Fsp3) is 0.467. The second kappa shape index (κ2) is 6.67. The Hall–Kier alpha value is -1.67. The summed E-state index contributed by atoms with van der Waals surface area (Å²) in [6.45, 7) is 7.99. The fourth-order valence-corrected chi connectivity index (χ4v) is 2.54. The number of benzene rings is 1. The molecule has 0 aliphatic rings. The second-order valence-electron chi connectivity index (χ2n) is 5.42. The van der Waals surface area contributed by atoms with Gasteiger partial charge in [-0.1, -0.05) is 20.8 Å². The largest absolute Gasteiger partial charge is 0.482 e. The van der Waals surface area contributed by atoms with Crippen molar-refractivity contribution in [2.24, 2.45) is 0 Å². The summed E-state index contributed by atoms with van der Waals surface area (Å²) in [6.07, 6.45) is 0. The van der Waals surface area contributed by atoms with E-state index in [-0.39, 0.29) is 12.0 Å². The molecular formula is C15H19NO3S. The maximum absolute atomic E-state index is 11.2. The Morgan fingerprint density at radius 3 is 2.55 bits per heavy atom. The molecule has 5 heteroatoms. The van der Waals surface area contributed by atoms with Gasteiger partial charge in [0.1, 0.15) is 11.2 Å². The average Bonchev–Trinajstić information content (AvgIpc) is 2.36. The number of hydrogen-bond acceptors (Lipinski definition) is 5. The van der Waals surface area contributed by atoms with E-state index in [0.717, 1.165) is 27.8 Å². The second-order valence-corrected chi connectivity index (χ2v) is 6.25. The highest BCUT2D eigenvalue weighted by atomic mass is 32.2. The van der Waals surface area contributed by atoms with Gasteiger partial charge in [-0.15, -0.1) is 0 Å². The number of nitrogens with zero attached hydrogens (tertiary/aromatic N) is 1. The molecule has 0 unspecified atom stereocenters. The predicted octanol–water partition coefficient (Wildman–Crippen LogP) is 3.42. The first-order valence-corrected chi connectivity index (χ1v) is 7.02. The number of thioether (sulfide) groups is 1. The van der Waals surface area contributed by atoms with Crippen LogP contribution in [0.4, 0.5) is 0 Å². The Kier molecular flexibility index (Phi) is 5.46. The zero-order valence-corrected chi connectivity index (χ0v) is 13.3. The summed E-state index contributed by atoms with van der Waals surface area (Å²) in [7, 11) is 1.33. The first-order valence-electron chi connectivity index (χ1n) is 6.20. The molecule has 0 atom stereocenters. The maximum Gasteiger partial charge on any atom is 0.343 e. The molecule has 0 fully saturated rings. The predicted molar refractivity (Wildman–Crippen MR) is 78.9 cm³/mol. The summed E-state index contributed by atoms with van der Waals surface area (Å²) >= 11 is 1.14. The number of nitriles is 1. The van der Waals surface area contributed by atoms with E-state index in [9.17, 15) is 4.79 Å². The Labute approximate surface area is 124 Å². The molecule has 0 bridgehead atoms. The number of thiocyanates is 1. The Morgan fingerprint density at radius 1 is 1.40 bits per heavy atom. The van der Waals surface area contributed by atoms with E-state index in [1.54, 1.807) is 0 Å². The minimum atomic E-state index is -0.419. The Bertz CT molecular complexity index is 541. The van der Waals surface area contributed by atoms with Gasteiger partial charge in [-0.25, -0.2) is 4.79 Å². The van der Waals surface area contributed by atoms with Gasteiger partial charge in [0, 0.05) is 4.90 Å². The molecule has 0 amide bonds. The zero-order valence-electron chi connectivity index (χ0n) is 12.4. The number of ether oxygens (including phenoxy) is 2. The standard InChI is InChI=1S/C15H19NO3S/c1-10-6-13(20-9-16)11(15(2,3)4)7-12(10)19-8-14(17)18-5/h6-7H,8H2,1-5H3. The van der Waals surface area contributed by atoms with Gasteiger partial charge in [-0.2, -0.15) is 5.26 Å². The average molecular weight is 293 g/mol. The first-order chi connectivity index (χ1) is 9.29. The lowest BCUT2D eigenvalue weighted by molar-refractivity contribution is -0.142. The molecule has 4 nitrogen and oxygen atoms in total. The van der Waals surface area contributed by atoms with Crippen molar-refractivity contribution in [3.63, 3.8) is 0 Å². The van der Waals surface area contributed by atoms with E-state index in [2.05, 4.69) is 30.9 Å². The summed E-state index contributed by atoms with van der Waals surface area (Å²) < 4.78 is 10.1. The number of carbonyl (C=O) groups excluding carboxylic acids is 1. The minimum Gasteiger partial charge on any atom is -0.482 e. The molecule has 0 aliphatic heterocycles. The summed E-state index contributed by atoms with van der Waals surface area (Å²) in [5.74, 6) is 0.222. The van der Waals surface area contributed by atoms with Gasteiger partial charge in [0.05, 0.1) is 7.11 Å². The van der Waals surface area contributed by atoms with E-state index in [1.807, 2.05) is 19.1 Å². The van der Waals surface area contributed by atoms with E-state index < -0.39 is 5.97 Å². The monoisotopic (exact) mass is 293 g/mol. The van der Waals surface area contributed by atoms with Crippen LogP contribution in [0.15, 0.2) is 17.0 Å². The van der Waals surface area contributed by atoms with E-state index in [1.165, 1.54) is 7.11 Å². The summed E-state index contributed by atoms with van der Waals surface area (Å²) in [5, 5.41) is 11.0. The van der Waals surface area contributed by atoms with Crippen molar-refractivity contribution in [2.45, 2.75) is 38.0 Å². The van der Waals surface area contributed by atoms with Crippen LogP contribution in [0.5, 0.6) is 5.75 Å². The molecule has 20 heavy (non-hydrogen) atoms. The number of methoxy groups -OCH3 is 1. The van der Waals surface area contributed by atoms with Crippen molar-refractivity contribution in [1.82, 2.24) is 0 Å². The molecule has 0 saturated carbocycles. The molecular weight excluding hydrogens is 274 g/mol. The van der Waals surface area contributed by atoms with E-state index in [4.69, 9.17) is 10.00 Å². The van der Waals surface area contributed by atoms with Crippen LogP contribution in [-0.2, 0) is 14.9 Å². The molecule has 0 radical (unpaired) electrons. The molecule has 0 aromatic heterocycles. The zero-order chi connectivity index (χ0) is 15.3. The van der Waals surface area contributed by atoms with Gasteiger partial charge in [0.25, 0.3) is 0 Å². The molecule has 0 aliphatic carbocycles. The third kappa shape index (κ3) is 4.17. The van der Waals surface area contributed by atoms with Gasteiger partial charge < -0.3 is 9.47 Å². The highest BCUT2D eigenvalue weighted by Crippen LogP contribution is 2.36. The van der Waals surface area contributed by atoms with Crippen molar-refractivity contribution in [3.05, 3.63) is 23.3 Å². The van der Waals surface area contributed by atoms with Crippen molar-refractivity contribution in [2.75, 3.05) is 13.7 Å². The van der Waals surface area contributed by atoms with Gasteiger partial charge in [0.15, 0.2) is 6.61 Å². The summed E-state index contributed by atoms with van der Waals surface area (Å²) in [6, 6.07) is 3.82. The summed E-state index contributed by atoms with van der Waals surface area (Å²) in [5.41, 5.74) is 1.80. The van der Waals surface area contributed by atoms with Crippen molar-refractivity contribution >= 4 is 17.7 Å². The smallest absolute Gasteiger partial charge is 0.343 e. The molecule has 108 valence electrons. The van der Waals surface area contributed by atoms with Gasteiger partial charge in [0.2, 0.25) is 0 Å². The number of esters is 1. The van der Waals surface area contributed by atoms with Crippen LogP contribution in [0.1, 0.15) is 31.9 Å². The number of rotatable bonds is 4. The molecule has 0 spiro atoms. The van der Waals surface area contributed by atoms with Gasteiger partial charge in [-0.3, -0.25) is 0 Å². The Morgan fingerprint density at radius 2 is 2.05 bits per heavy atom. The quantitative estimate of drug-likeness (QED) is 0.483. The topological polar surface area (TPSA) is 59.3 Å². The number of carbonyl (C=O) groups is 1. The maximum atomic E-state index is 11.2. The molecule has 0 N–H and O–H groups in total. The first kappa shape index (κ1) is 16.4. The normalized spacial score (nSPS) is 10.8. The lowest BCUT2D eigenvalue weighted by Gasteiger charge is -2.23. The number of hydrogen-bond donors (Lipinski definition) is 0. The van der Waals surface area contributed by atoms with Crippen LogP contribution >= 0.6 is 11.8 Å². The lowest BCUT2D eigenvalue weighted by Crippen LogP contribution is -2.16. The van der Waals surface area contributed by atoms with E-state index in [0.29, 0.717) is 5.75 Å². The van der Waals surface area contributed by atoms with Crippen LogP contribution in [0.2, 0.25) is 0 Å². The molecule has 1 aromatic rings. The molecule has 1 aromatic carbocycles. The third-order valence-electron chi connectivity index (χ3n) is 2.81. The Balaban J connectivity index is 3.15. The van der Waals surface area contributed by atoms with E-state index >= 15 is 0 Å². The lowest BCUT2D eigenvalue weighted by atomic mass is 9.86. The van der Waals surface area contributed by atoms with Crippen molar-refractivity contribution < 1.29 is 14.3 Å². The van der Waals surface area contributed by atoms with Crippen LogP contribution in [0.3, 0.4) is 0 Å².